The van der Waals surface area contributed by atoms with E-state index in [4.69, 9.17) is 0 Å². The van der Waals surface area contributed by atoms with Crippen LogP contribution in [0.25, 0.3) is 0 Å². The minimum Gasteiger partial charge on any atom is -0.718 e. The van der Waals surface area contributed by atoms with Gasteiger partial charge in [0.25, 0.3) is 0 Å². The normalized spacial score (nSPS) is 9.66. The van der Waals surface area contributed by atoms with Gasteiger partial charge in [0.1, 0.15) is 5.78 Å². The van der Waals surface area contributed by atoms with Gasteiger partial charge in [0, 0.05) is 23.5 Å². The standard InChI is InChI=1S/2C13H11O.Fe/c2*14-13(12-8-4-5-9-12)10-11-6-2-1-3-7-11;/h2*1-9H,10H2;/q-5;-1;. The number of benzene rings is 2. The molecule has 29 heavy (non-hydrogen) atoms. The van der Waals surface area contributed by atoms with Crippen molar-refractivity contribution in [1.29, 1.82) is 0 Å². The maximum absolute atomic E-state index is 11.7. The molecule has 2 nitrogen and oxygen atoms in total. The van der Waals surface area contributed by atoms with Gasteiger partial charge in [0.2, 0.25) is 0 Å². The molecule has 4 aromatic rings. The van der Waals surface area contributed by atoms with E-state index in [0.29, 0.717) is 12.8 Å². The van der Waals surface area contributed by atoms with Crippen LogP contribution >= 0.6 is 0 Å². The van der Waals surface area contributed by atoms with Crippen LogP contribution in [0.2, 0.25) is 0 Å². The fraction of sp³-hybridized carbons (Fsp3) is 0.0769. The van der Waals surface area contributed by atoms with Crippen LogP contribution in [0, 0.1) is 0 Å². The molecule has 0 heterocycles. The quantitative estimate of drug-likeness (QED) is 0.228. The van der Waals surface area contributed by atoms with Crippen LogP contribution in [-0.2, 0) is 29.9 Å². The molecule has 0 saturated heterocycles. The molecule has 4 rings (SSSR count). The Balaban J connectivity index is 0.000000200. The third-order valence-electron chi connectivity index (χ3n) is 4.38. The van der Waals surface area contributed by atoms with Crippen molar-refractivity contribution < 1.29 is 26.7 Å². The van der Waals surface area contributed by atoms with Crippen molar-refractivity contribution in [2.75, 3.05) is 0 Å². The maximum Gasteiger partial charge on any atom is 0.113 e. The number of carbonyl (C=O) groups excluding carboxylic acids is 2. The molecule has 0 atom stereocenters. The largest absolute Gasteiger partial charge is 0.718 e. The third-order valence-corrected chi connectivity index (χ3v) is 4.38. The molecule has 4 aromatic carbocycles. The predicted octanol–water partition coefficient (Wildman–Crippen LogP) is 5.66. The van der Waals surface area contributed by atoms with Crippen LogP contribution in [0.4, 0.5) is 0 Å². The Hall–Kier alpha value is -3.00. The van der Waals surface area contributed by atoms with E-state index >= 15 is 0 Å². The summed E-state index contributed by atoms with van der Waals surface area (Å²) in [5.41, 5.74) is 3.74. The van der Waals surface area contributed by atoms with Crippen molar-refractivity contribution in [3.8, 4) is 0 Å². The number of carbonyl (C=O) groups is 2. The first kappa shape index (κ1) is 22.3. The first-order valence-corrected chi connectivity index (χ1v) is 9.30. The molecule has 0 aliphatic carbocycles. The van der Waals surface area contributed by atoms with Crippen LogP contribution in [-0.4, -0.2) is 11.6 Å². The third kappa shape index (κ3) is 7.15. The van der Waals surface area contributed by atoms with Gasteiger partial charge in [-0.25, -0.2) is 12.1 Å². The number of hydrogen-bond donors (Lipinski definition) is 0. The zero-order chi connectivity index (χ0) is 19.6. The van der Waals surface area contributed by atoms with Crippen molar-refractivity contribution >= 4 is 11.6 Å². The van der Waals surface area contributed by atoms with Gasteiger partial charge in [-0.2, -0.15) is 12.1 Å². The van der Waals surface area contributed by atoms with Gasteiger partial charge < -0.3 is 39.4 Å². The van der Waals surface area contributed by atoms with Crippen molar-refractivity contribution in [2.24, 2.45) is 0 Å². The SMILES string of the molecule is O=C(Cc1ccccc1)[c-]1[cH-][cH-][cH-][cH-]1.O=C(Cc1ccccc1)[c-]1cccc1.[Fe]. The summed E-state index contributed by atoms with van der Waals surface area (Å²) in [4.78, 5) is 23.4. The Morgan fingerprint density at radius 2 is 1.10 bits per heavy atom. The molecule has 0 unspecified atom stereocenters. The van der Waals surface area contributed by atoms with Gasteiger partial charge in [0.05, 0.1) is 0 Å². The summed E-state index contributed by atoms with van der Waals surface area (Å²) in [6.07, 6.45) is 0.982. The second kappa shape index (κ2) is 11.8. The Kier molecular flexibility index (Phi) is 9.04. The molecule has 0 N–H and O–H groups in total. The van der Waals surface area contributed by atoms with Gasteiger partial charge in [-0.1, -0.05) is 78.2 Å². The van der Waals surface area contributed by atoms with Gasteiger partial charge in [-0.05, 0) is 5.56 Å². The number of hydrogen-bond acceptors (Lipinski definition) is 2. The Morgan fingerprint density at radius 3 is 1.59 bits per heavy atom. The molecule has 3 heteroatoms. The summed E-state index contributed by atoms with van der Waals surface area (Å²) >= 11 is 0. The van der Waals surface area contributed by atoms with Crippen molar-refractivity contribution in [1.82, 2.24) is 0 Å². The van der Waals surface area contributed by atoms with Crippen molar-refractivity contribution in [3.63, 3.8) is 0 Å². The average molecular weight is 422 g/mol. The topological polar surface area (TPSA) is 34.1 Å². The summed E-state index contributed by atoms with van der Waals surface area (Å²) in [5, 5.41) is 0. The van der Waals surface area contributed by atoms with Crippen molar-refractivity contribution in [3.05, 3.63) is 131 Å². The van der Waals surface area contributed by atoms with Crippen molar-refractivity contribution in [2.45, 2.75) is 12.8 Å². The smallest absolute Gasteiger partial charge is 0.113 e. The van der Waals surface area contributed by atoms with E-state index in [1.807, 2.05) is 109 Å². The Morgan fingerprint density at radius 1 is 0.655 bits per heavy atom. The van der Waals surface area contributed by atoms with Crippen LogP contribution in [0.3, 0.4) is 0 Å². The molecule has 0 saturated carbocycles. The molecule has 0 aliphatic rings. The van der Waals surface area contributed by atoms with Crippen LogP contribution in [0.15, 0.2) is 109 Å². The molecule has 0 spiro atoms. The zero-order valence-corrected chi connectivity index (χ0v) is 17.1. The molecule has 0 bridgehead atoms. The zero-order valence-electron chi connectivity index (χ0n) is 16.0. The minimum absolute atomic E-state index is 0. The van der Waals surface area contributed by atoms with Crippen LogP contribution in [0.1, 0.15) is 31.8 Å². The first-order valence-electron chi connectivity index (χ1n) is 9.30. The van der Waals surface area contributed by atoms with Gasteiger partial charge in [0.15, 0.2) is 0 Å². The summed E-state index contributed by atoms with van der Waals surface area (Å²) in [6, 6.07) is 34.6. The van der Waals surface area contributed by atoms with Crippen LogP contribution in [0.5, 0.6) is 0 Å². The summed E-state index contributed by atoms with van der Waals surface area (Å²) < 4.78 is 0. The molecule has 0 radical (unpaired) electrons. The molecular weight excluding hydrogens is 400 g/mol. The molecule has 0 aliphatic heterocycles. The number of Topliss-reactive ketones (excluding diaryl/α,β-unsaturated/α-hetero) is 2. The summed E-state index contributed by atoms with van der Waals surface area (Å²) in [6.45, 7) is 0. The van der Waals surface area contributed by atoms with E-state index in [2.05, 4.69) is 0 Å². The summed E-state index contributed by atoms with van der Waals surface area (Å²) in [5.74, 6) is 0.363. The maximum atomic E-state index is 11.7. The molecule has 0 fully saturated rings. The van der Waals surface area contributed by atoms with E-state index in [1.165, 1.54) is 0 Å². The van der Waals surface area contributed by atoms with Gasteiger partial charge in [-0.3, -0.25) is 5.78 Å². The molecule has 0 aromatic heterocycles. The van der Waals surface area contributed by atoms with E-state index < -0.39 is 0 Å². The van der Waals surface area contributed by atoms with E-state index in [-0.39, 0.29) is 28.6 Å². The second-order valence-electron chi connectivity index (χ2n) is 6.52. The fourth-order valence-corrected chi connectivity index (χ4v) is 2.89. The molecule has 0 amide bonds. The average Bonchev–Trinajstić information content (AvgIpc) is 3.44. The monoisotopic (exact) mass is 422 g/mol. The van der Waals surface area contributed by atoms with E-state index in [1.54, 1.807) is 0 Å². The first-order chi connectivity index (χ1) is 13.7. The van der Waals surface area contributed by atoms with Crippen LogP contribution < -0.4 is 0 Å². The summed E-state index contributed by atoms with van der Waals surface area (Å²) in [7, 11) is 0. The Labute approximate surface area is 182 Å². The fourth-order valence-electron chi connectivity index (χ4n) is 2.89. The Bertz CT molecular complexity index is 886. The second-order valence-corrected chi connectivity index (χ2v) is 6.52. The number of ketones is 2. The molecule has 152 valence electrons. The number of rotatable bonds is 6. The van der Waals surface area contributed by atoms with Gasteiger partial charge >= 0.3 is 0 Å². The molecular formula is C26H22FeO2-6. The van der Waals surface area contributed by atoms with Gasteiger partial charge in [-0.15, -0.1) is 0 Å². The predicted molar refractivity (Wildman–Crippen MR) is 113 cm³/mol. The van der Waals surface area contributed by atoms with E-state index in [9.17, 15) is 9.59 Å². The minimum atomic E-state index is 0. The van der Waals surface area contributed by atoms with E-state index in [0.717, 1.165) is 22.3 Å².